The monoisotopic (exact) mass is 259 g/mol. The minimum Gasteiger partial charge on any atom is -0.381 e. The number of ether oxygens (including phenoxy) is 1. The van der Waals surface area contributed by atoms with Crippen molar-refractivity contribution < 1.29 is 9.53 Å². The summed E-state index contributed by atoms with van der Waals surface area (Å²) in [5.41, 5.74) is 1.60. The highest BCUT2D eigenvalue weighted by Gasteiger charge is 2.34. The van der Waals surface area contributed by atoms with Gasteiger partial charge in [-0.3, -0.25) is 4.79 Å². The number of amides is 1. The van der Waals surface area contributed by atoms with E-state index in [0.29, 0.717) is 18.8 Å². The van der Waals surface area contributed by atoms with Crippen LogP contribution in [-0.4, -0.2) is 24.7 Å². The zero-order valence-electron chi connectivity index (χ0n) is 11.4. The molecule has 0 aliphatic carbocycles. The third kappa shape index (κ3) is 3.67. The van der Waals surface area contributed by atoms with Gasteiger partial charge in [-0.1, -0.05) is 23.8 Å². The topological polar surface area (TPSA) is 38.3 Å². The summed E-state index contributed by atoms with van der Waals surface area (Å²) in [7, 11) is 0. The summed E-state index contributed by atoms with van der Waals surface area (Å²) in [5.74, 6) is -0.0104. The molecule has 0 aromatic heterocycles. The Morgan fingerprint density at radius 2 is 1.95 bits per heavy atom. The van der Waals surface area contributed by atoms with Gasteiger partial charge < -0.3 is 10.1 Å². The molecule has 1 aromatic rings. The van der Waals surface area contributed by atoms with Crippen LogP contribution in [0.15, 0.2) is 42.5 Å². The van der Waals surface area contributed by atoms with Gasteiger partial charge in [0.2, 0.25) is 0 Å². The lowest BCUT2D eigenvalue weighted by Crippen LogP contribution is -2.52. The van der Waals surface area contributed by atoms with Crippen LogP contribution in [-0.2, 0) is 4.74 Å². The molecule has 1 N–H and O–H groups in total. The SMILES string of the molecule is C=C(C)CC1(NC(=O)c2ccccc2)CCOCC1. The second-order valence-electron chi connectivity index (χ2n) is 5.35. The van der Waals surface area contributed by atoms with E-state index in [0.717, 1.165) is 24.8 Å². The van der Waals surface area contributed by atoms with Crippen molar-refractivity contribution >= 4 is 5.91 Å². The fraction of sp³-hybridized carbons (Fsp3) is 0.438. The molecular weight excluding hydrogens is 238 g/mol. The van der Waals surface area contributed by atoms with Crippen molar-refractivity contribution in [3.63, 3.8) is 0 Å². The molecule has 0 saturated carbocycles. The van der Waals surface area contributed by atoms with Crippen LogP contribution in [0.4, 0.5) is 0 Å². The molecule has 1 heterocycles. The van der Waals surface area contributed by atoms with Crippen molar-refractivity contribution in [1.29, 1.82) is 0 Å². The predicted molar refractivity (Wildman–Crippen MR) is 76.1 cm³/mol. The summed E-state index contributed by atoms with van der Waals surface area (Å²) in [6.45, 7) is 7.38. The molecule has 1 aliphatic heterocycles. The van der Waals surface area contributed by atoms with Gasteiger partial charge >= 0.3 is 0 Å². The van der Waals surface area contributed by atoms with E-state index < -0.39 is 0 Å². The Morgan fingerprint density at radius 3 is 2.53 bits per heavy atom. The smallest absolute Gasteiger partial charge is 0.251 e. The van der Waals surface area contributed by atoms with Crippen LogP contribution in [0.2, 0.25) is 0 Å². The second-order valence-corrected chi connectivity index (χ2v) is 5.35. The molecule has 19 heavy (non-hydrogen) atoms. The Morgan fingerprint density at radius 1 is 1.32 bits per heavy atom. The molecule has 1 amide bonds. The fourth-order valence-electron chi connectivity index (χ4n) is 2.59. The van der Waals surface area contributed by atoms with Gasteiger partial charge in [0.05, 0.1) is 0 Å². The first-order chi connectivity index (χ1) is 9.11. The third-order valence-corrected chi connectivity index (χ3v) is 3.50. The van der Waals surface area contributed by atoms with Gasteiger partial charge in [0.25, 0.3) is 5.91 Å². The lowest BCUT2D eigenvalue weighted by Gasteiger charge is -2.38. The summed E-state index contributed by atoms with van der Waals surface area (Å²) < 4.78 is 5.41. The molecule has 1 fully saturated rings. The molecule has 2 rings (SSSR count). The minimum atomic E-state index is -0.197. The van der Waals surface area contributed by atoms with Gasteiger partial charge in [0, 0.05) is 24.3 Å². The van der Waals surface area contributed by atoms with Crippen molar-refractivity contribution in [2.24, 2.45) is 0 Å². The molecule has 0 radical (unpaired) electrons. The molecule has 1 saturated heterocycles. The van der Waals surface area contributed by atoms with Crippen molar-refractivity contribution in [3.8, 4) is 0 Å². The fourth-order valence-corrected chi connectivity index (χ4v) is 2.59. The summed E-state index contributed by atoms with van der Waals surface area (Å²) in [4.78, 5) is 12.3. The second kappa shape index (κ2) is 6.02. The average molecular weight is 259 g/mol. The van der Waals surface area contributed by atoms with Crippen molar-refractivity contribution in [2.45, 2.75) is 31.7 Å². The lowest BCUT2D eigenvalue weighted by molar-refractivity contribution is 0.0360. The van der Waals surface area contributed by atoms with Crippen LogP contribution in [0.3, 0.4) is 0 Å². The lowest BCUT2D eigenvalue weighted by atomic mass is 9.84. The molecule has 1 aliphatic rings. The highest BCUT2D eigenvalue weighted by atomic mass is 16.5. The Bertz CT molecular complexity index is 447. The van der Waals surface area contributed by atoms with Crippen molar-refractivity contribution in [2.75, 3.05) is 13.2 Å². The zero-order chi connectivity index (χ0) is 13.7. The predicted octanol–water partition coefficient (Wildman–Crippen LogP) is 2.93. The Hall–Kier alpha value is -1.61. The Labute approximate surface area is 114 Å². The first-order valence-electron chi connectivity index (χ1n) is 6.71. The average Bonchev–Trinajstić information content (AvgIpc) is 2.39. The first-order valence-corrected chi connectivity index (χ1v) is 6.71. The maximum Gasteiger partial charge on any atom is 0.251 e. The number of benzene rings is 1. The van der Waals surface area contributed by atoms with Crippen LogP contribution in [0, 0.1) is 0 Å². The number of nitrogens with one attached hydrogen (secondary N) is 1. The van der Waals surface area contributed by atoms with Gasteiger partial charge in [-0.2, -0.15) is 0 Å². The molecule has 0 atom stereocenters. The van der Waals surface area contributed by atoms with Gasteiger partial charge in [0.1, 0.15) is 0 Å². The van der Waals surface area contributed by atoms with E-state index in [9.17, 15) is 4.79 Å². The summed E-state index contributed by atoms with van der Waals surface area (Å²) in [6.07, 6.45) is 2.51. The molecule has 0 bridgehead atoms. The van der Waals surface area contributed by atoms with Gasteiger partial charge in [-0.25, -0.2) is 0 Å². The van der Waals surface area contributed by atoms with E-state index in [2.05, 4.69) is 11.9 Å². The van der Waals surface area contributed by atoms with E-state index >= 15 is 0 Å². The number of rotatable bonds is 4. The van der Waals surface area contributed by atoms with Gasteiger partial charge in [-0.05, 0) is 38.3 Å². The molecule has 3 nitrogen and oxygen atoms in total. The van der Waals surface area contributed by atoms with Crippen LogP contribution < -0.4 is 5.32 Å². The van der Waals surface area contributed by atoms with Crippen LogP contribution in [0.5, 0.6) is 0 Å². The first kappa shape index (κ1) is 13.8. The van der Waals surface area contributed by atoms with E-state index in [1.165, 1.54) is 0 Å². The number of carbonyl (C=O) groups excluding carboxylic acids is 1. The molecular formula is C16H21NO2. The molecule has 3 heteroatoms. The minimum absolute atomic E-state index is 0.0104. The highest BCUT2D eigenvalue weighted by Crippen LogP contribution is 2.27. The van der Waals surface area contributed by atoms with Gasteiger partial charge in [0.15, 0.2) is 0 Å². The molecule has 0 unspecified atom stereocenters. The van der Waals surface area contributed by atoms with E-state index in [1.807, 2.05) is 37.3 Å². The van der Waals surface area contributed by atoms with Crippen LogP contribution in [0.1, 0.15) is 36.5 Å². The third-order valence-electron chi connectivity index (χ3n) is 3.50. The van der Waals surface area contributed by atoms with Crippen LogP contribution >= 0.6 is 0 Å². The Kier molecular flexibility index (Phi) is 4.38. The van der Waals surface area contributed by atoms with Crippen molar-refractivity contribution in [3.05, 3.63) is 48.0 Å². The number of carbonyl (C=O) groups is 1. The molecule has 0 spiro atoms. The van der Waals surface area contributed by atoms with E-state index in [4.69, 9.17) is 4.74 Å². The zero-order valence-corrected chi connectivity index (χ0v) is 11.4. The summed E-state index contributed by atoms with van der Waals surface area (Å²) in [6, 6.07) is 9.34. The molecule has 102 valence electrons. The molecule has 1 aromatic carbocycles. The van der Waals surface area contributed by atoms with Crippen LogP contribution in [0.25, 0.3) is 0 Å². The Balaban J connectivity index is 2.11. The van der Waals surface area contributed by atoms with E-state index in [1.54, 1.807) is 0 Å². The highest BCUT2D eigenvalue weighted by molar-refractivity contribution is 5.94. The summed E-state index contributed by atoms with van der Waals surface area (Å²) >= 11 is 0. The summed E-state index contributed by atoms with van der Waals surface area (Å²) in [5, 5.41) is 3.20. The normalized spacial score (nSPS) is 17.7. The largest absolute Gasteiger partial charge is 0.381 e. The maximum atomic E-state index is 12.3. The van der Waals surface area contributed by atoms with Gasteiger partial charge in [-0.15, -0.1) is 6.58 Å². The van der Waals surface area contributed by atoms with Crippen molar-refractivity contribution in [1.82, 2.24) is 5.32 Å². The quantitative estimate of drug-likeness (QED) is 0.844. The number of hydrogen-bond acceptors (Lipinski definition) is 2. The van der Waals surface area contributed by atoms with E-state index in [-0.39, 0.29) is 11.4 Å². The standard InChI is InChI=1S/C16H21NO2/c1-13(2)12-16(8-10-19-11-9-16)17-15(18)14-6-4-3-5-7-14/h3-7H,1,8-12H2,2H3,(H,17,18). The number of hydrogen-bond donors (Lipinski definition) is 1. The maximum absolute atomic E-state index is 12.3.